The molecule has 0 bridgehead atoms. The van der Waals surface area contributed by atoms with Gasteiger partial charge in [-0.1, -0.05) is 18.2 Å². The number of nitrogens with one attached hydrogen (secondary N) is 1. The van der Waals surface area contributed by atoms with Crippen LogP contribution in [0, 0.1) is 10.1 Å². The molecule has 0 amide bonds. The van der Waals surface area contributed by atoms with Crippen LogP contribution in [0.1, 0.15) is 15.9 Å². The highest BCUT2D eigenvalue weighted by Gasteiger charge is 2.20. The van der Waals surface area contributed by atoms with Gasteiger partial charge in [-0.05, 0) is 48.0 Å². The van der Waals surface area contributed by atoms with Crippen molar-refractivity contribution < 1.29 is 14.5 Å². The van der Waals surface area contributed by atoms with Gasteiger partial charge in [0.25, 0.3) is 11.6 Å². The quantitative estimate of drug-likeness (QED) is 0.299. The molecule has 0 aliphatic rings. The zero-order chi connectivity index (χ0) is 24.9. The zero-order valence-corrected chi connectivity index (χ0v) is 19.5. The molecule has 4 aromatic rings. The number of carbonyl (C=O) groups excluding carboxylic acids is 1. The van der Waals surface area contributed by atoms with Gasteiger partial charge in [0.15, 0.2) is 5.82 Å². The van der Waals surface area contributed by atoms with E-state index in [-0.39, 0.29) is 17.2 Å². The van der Waals surface area contributed by atoms with Crippen LogP contribution in [-0.2, 0) is 6.54 Å². The number of anilines is 2. The van der Waals surface area contributed by atoms with Crippen LogP contribution >= 0.6 is 0 Å². The molecule has 0 aliphatic carbocycles. The van der Waals surface area contributed by atoms with Gasteiger partial charge in [-0.2, -0.15) is 9.67 Å². The Hall–Kier alpha value is -4.73. The first-order valence-corrected chi connectivity index (χ1v) is 10.8. The molecule has 0 fully saturated rings. The summed E-state index contributed by atoms with van der Waals surface area (Å²) in [6.07, 6.45) is 0. The number of aromatic nitrogens is 3. The van der Waals surface area contributed by atoms with Crippen molar-refractivity contribution in [1.82, 2.24) is 14.8 Å². The molecule has 1 N–H and O–H groups in total. The van der Waals surface area contributed by atoms with Crippen molar-refractivity contribution in [3.63, 3.8) is 0 Å². The van der Waals surface area contributed by atoms with Gasteiger partial charge in [-0.25, -0.2) is 0 Å². The van der Waals surface area contributed by atoms with E-state index in [0.29, 0.717) is 23.7 Å². The van der Waals surface area contributed by atoms with E-state index >= 15 is 0 Å². The molecule has 1 heterocycles. The largest absolute Gasteiger partial charge is 0.497 e. The average molecular weight is 473 g/mol. The molecular formula is C25H24N6O4. The van der Waals surface area contributed by atoms with E-state index in [2.05, 4.69) is 15.4 Å². The molecule has 0 spiro atoms. The third-order valence-corrected chi connectivity index (χ3v) is 5.36. The van der Waals surface area contributed by atoms with Crippen LogP contribution in [0.15, 0.2) is 72.8 Å². The fourth-order valence-electron chi connectivity index (χ4n) is 3.40. The number of benzene rings is 3. The Kier molecular flexibility index (Phi) is 6.72. The summed E-state index contributed by atoms with van der Waals surface area (Å²) >= 11 is 0. The molecule has 1 aromatic heterocycles. The maximum atomic E-state index is 13.3. The van der Waals surface area contributed by atoms with Gasteiger partial charge in [0.05, 0.1) is 12.0 Å². The second-order valence-electron chi connectivity index (χ2n) is 7.93. The number of non-ortho nitro benzene ring substituents is 1. The summed E-state index contributed by atoms with van der Waals surface area (Å²) in [5.74, 6) is 0.702. The lowest BCUT2D eigenvalue weighted by atomic mass is 10.2. The standard InChI is InChI=1S/C25H24N6O4/c1-29(2)20-11-7-17(8-12-20)16-26-25-27-23(18-9-13-22(35-3)14-10-18)28-30(25)24(32)19-5-4-6-21(15-19)31(33)34/h4-15H,16H2,1-3H3,(H,26,27,28). The number of rotatable bonds is 8. The highest BCUT2D eigenvalue weighted by molar-refractivity contribution is 5.97. The van der Waals surface area contributed by atoms with Gasteiger partial charge in [-0.15, -0.1) is 5.10 Å². The van der Waals surface area contributed by atoms with E-state index in [9.17, 15) is 14.9 Å². The number of hydrogen-bond acceptors (Lipinski definition) is 8. The normalized spacial score (nSPS) is 10.6. The Morgan fingerprint density at radius 2 is 1.80 bits per heavy atom. The highest BCUT2D eigenvalue weighted by Crippen LogP contribution is 2.23. The van der Waals surface area contributed by atoms with Crippen molar-refractivity contribution >= 4 is 23.2 Å². The first kappa shape index (κ1) is 23.4. The van der Waals surface area contributed by atoms with Crippen LogP contribution in [-0.4, -0.2) is 46.8 Å². The fraction of sp³-hybridized carbons (Fsp3) is 0.160. The van der Waals surface area contributed by atoms with E-state index in [1.807, 2.05) is 43.3 Å². The topological polar surface area (TPSA) is 115 Å². The van der Waals surface area contributed by atoms with Crippen molar-refractivity contribution in [1.29, 1.82) is 0 Å². The molecule has 0 saturated carbocycles. The number of carbonyl (C=O) groups is 1. The first-order chi connectivity index (χ1) is 16.9. The molecule has 178 valence electrons. The predicted octanol–water partition coefficient (Wildman–Crippen LogP) is 4.23. The molecule has 0 unspecified atom stereocenters. The Bertz CT molecular complexity index is 1350. The minimum atomic E-state index is -0.544. The third-order valence-electron chi connectivity index (χ3n) is 5.36. The average Bonchev–Trinajstić information content (AvgIpc) is 3.31. The van der Waals surface area contributed by atoms with E-state index in [4.69, 9.17) is 4.74 Å². The Labute approximate surface area is 201 Å². The monoisotopic (exact) mass is 472 g/mol. The number of nitro benzene ring substituents is 1. The summed E-state index contributed by atoms with van der Waals surface area (Å²) in [7, 11) is 5.51. The maximum absolute atomic E-state index is 13.3. The number of methoxy groups -OCH3 is 1. The first-order valence-electron chi connectivity index (χ1n) is 10.8. The molecule has 3 aromatic carbocycles. The summed E-state index contributed by atoms with van der Waals surface area (Å²) in [6, 6.07) is 20.6. The molecular weight excluding hydrogens is 448 g/mol. The van der Waals surface area contributed by atoms with Crippen molar-refractivity contribution in [2.75, 3.05) is 31.4 Å². The van der Waals surface area contributed by atoms with Crippen molar-refractivity contribution in [2.45, 2.75) is 6.54 Å². The third kappa shape index (κ3) is 5.27. The smallest absolute Gasteiger partial charge is 0.281 e. The maximum Gasteiger partial charge on any atom is 0.281 e. The minimum Gasteiger partial charge on any atom is -0.497 e. The van der Waals surface area contributed by atoms with E-state index in [0.717, 1.165) is 15.9 Å². The van der Waals surface area contributed by atoms with Gasteiger partial charge in [0.2, 0.25) is 5.95 Å². The van der Waals surface area contributed by atoms with Crippen molar-refractivity contribution in [3.05, 3.63) is 94.0 Å². The van der Waals surface area contributed by atoms with Crippen LogP contribution in [0.3, 0.4) is 0 Å². The fourth-order valence-corrected chi connectivity index (χ4v) is 3.40. The number of ether oxygens (including phenoxy) is 1. The van der Waals surface area contributed by atoms with Gasteiger partial charge >= 0.3 is 0 Å². The molecule has 0 radical (unpaired) electrons. The Morgan fingerprint density at radius 1 is 1.09 bits per heavy atom. The van der Waals surface area contributed by atoms with Crippen molar-refractivity contribution in [2.24, 2.45) is 0 Å². The van der Waals surface area contributed by atoms with Crippen LogP contribution in [0.4, 0.5) is 17.3 Å². The Morgan fingerprint density at radius 3 is 2.43 bits per heavy atom. The molecule has 10 heteroatoms. The second-order valence-corrected chi connectivity index (χ2v) is 7.93. The van der Waals surface area contributed by atoms with Gasteiger partial charge in [-0.3, -0.25) is 14.9 Å². The highest BCUT2D eigenvalue weighted by atomic mass is 16.6. The van der Waals surface area contributed by atoms with Gasteiger partial charge < -0.3 is 15.0 Å². The lowest BCUT2D eigenvalue weighted by molar-refractivity contribution is -0.384. The van der Waals surface area contributed by atoms with Crippen LogP contribution in [0.2, 0.25) is 0 Å². The van der Waals surface area contributed by atoms with E-state index in [1.54, 1.807) is 31.4 Å². The van der Waals surface area contributed by atoms with E-state index in [1.165, 1.54) is 24.3 Å². The van der Waals surface area contributed by atoms with E-state index < -0.39 is 10.8 Å². The van der Waals surface area contributed by atoms with Gasteiger partial charge in [0, 0.05) is 49.6 Å². The number of nitro groups is 1. The Balaban J connectivity index is 1.67. The summed E-state index contributed by atoms with van der Waals surface area (Å²) in [5, 5.41) is 18.8. The SMILES string of the molecule is COc1ccc(-c2nc(NCc3ccc(N(C)C)cc3)n(C(=O)c3cccc([N+](=O)[O-])c3)n2)cc1. The molecule has 10 nitrogen and oxygen atoms in total. The van der Waals surface area contributed by atoms with Gasteiger partial charge in [0.1, 0.15) is 5.75 Å². The van der Waals surface area contributed by atoms with Crippen molar-refractivity contribution in [3.8, 4) is 17.1 Å². The summed E-state index contributed by atoms with van der Waals surface area (Å²) in [6.45, 7) is 0.399. The predicted molar refractivity (Wildman–Crippen MR) is 133 cm³/mol. The zero-order valence-electron chi connectivity index (χ0n) is 19.5. The van der Waals surface area contributed by atoms with Crippen LogP contribution in [0.5, 0.6) is 5.75 Å². The minimum absolute atomic E-state index is 0.128. The van der Waals surface area contributed by atoms with Crippen LogP contribution < -0.4 is 15.0 Å². The van der Waals surface area contributed by atoms with Crippen LogP contribution in [0.25, 0.3) is 11.4 Å². The molecule has 4 rings (SSSR count). The second kappa shape index (κ2) is 10.0. The summed E-state index contributed by atoms with van der Waals surface area (Å²) in [4.78, 5) is 30.5. The lowest BCUT2D eigenvalue weighted by Crippen LogP contribution is -2.17. The summed E-state index contributed by atoms with van der Waals surface area (Å²) < 4.78 is 6.33. The molecule has 0 atom stereocenters. The summed E-state index contributed by atoms with van der Waals surface area (Å²) in [5.41, 5.74) is 2.69. The molecule has 0 saturated heterocycles. The number of hydrogen-bond donors (Lipinski definition) is 1. The lowest BCUT2D eigenvalue weighted by Gasteiger charge is -2.13. The number of nitrogens with zero attached hydrogens (tertiary/aromatic N) is 5. The molecule has 35 heavy (non-hydrogen) atoms. The molecule has 0 aliphatic heterocycles.